The molecule has 0 bridgehead atoms. The molecular formula is C13H13F3N4O. The zero-order chi connectivity index (χ0) is 15.5. The molecule has 1 aromatic heterocycles. The normalized spacial score (nSPS) is 11.1. The molecule has 0 amide bonds. The van der Waals surface area contributed by atoms with Gasteiger partial charge in [-0.05, 0) is 12.1 Å². The van der Waals surface area contributed by atoms with Gasteiger partial charge in [0.1, 0.15) is 11.6 Å². The van der Waals surface area contributed by atoms with Crippen LogP contribution in [0.4, 0.5) is 30.6 Å². The summed E-state index contributed by atoms with van der Waals surface area (Å²) in [6, 6.07) is 7.69. The number of alkyl halides is 3. The van der Waals surface area contributed by atoms with E-state index in [1.807, 2.05) is 0 Å². The van der Waals surface area contributed by atoms with E-state index in [4.69, 9.17) is 4.74 Å². The van der Waals surface area contributed by atoms with Crippen molar-refractivity contribution in [3.05, 3.63) is 36.0 Å². The Bertz CT molecular complexity index is 631. The van der Waals surface area contributed by atoms with Crippen LogP contribution in [0.3, 0.4) is 0 Å². The van der Waals surface area contributed by atoms with Crippen molar-refractivity contribution in [3.63, 3.8) is 0 Å². The Morgan fingerprint density at radius 3 is 2.48 bits per heavy atom. The minimum atomic E-state index is -4.55. The monoisotopic (exact) mass is 298 g/mol. The van der Waals surface area contributed by atoms with E-state index < -0.39 is 11.9 Å². The Morgan fingerprint density at radius 2 is 1.86 bits per heavy atom. The van der Waals surface area contributed by atoms with Crippen molar-refractivity contribution in [2.45, 2.75) is 6.18 Å². The quantitative estimate of drug-likeness (QED) is 0.907. The number of aromatic nitrogens is 2. The van der Waals surface area contributed by atoms with Gasteiger partial charge in [0.05, 0.1) is 12.8 Å². The van der Waals surface area contributed by atoms with Gasteiger partial charge in [0.15, 0.2) is 5.69 Å². The second kappa shape index (κ2) is 5.86. The number of anilines is 3. The standard InChI is InChI=1S/C13H13F3N4O/c1-17-12-19-10(13(14,15)16)7-11(20-12)18-8-5-3-4-6-9(8)21-2/h3-7H,1-2H3,(H2,17,18,19,20). The molecule has 1 heterocycles. The lowest BCUT2D eigenvalue weighted by Gasteiger charge is -2.13. The number of nitrogens with one attached hydrogen (secondary N) is 2. The maximum Gasteiger partial charge on any atom is 0.433 e. The molecule has 0 aliphatic carbocycles. The summed E-state index contributed by atoms with van der Waals surface area (Å²) < 4.78 is 43.5. The number of benzene rings is 1. The van der Waals surface area contributed by atoms with Crippen molar-refractivity contribution < 1.29 is 17.9 Å². The van der Waals surface area contributed by atoms with E-state index in [2.05, 4.69) is 20.6 Å². The smallest absolute Gasteiger partial charge is 0.433 e. The number of ether oxygens (including phenoxy) is 1. The first-order valence-corrected chi connectivity index (χ1v) is 5.98. The second-order valence-corrected chi connectivity index (χ2v) is 4.04. The van der Waals surface area contributed by atoms with Crippen LogP contribution in [0.5, 0.6) is 5.75 Å². The van der Waals surface area contributed by atoms with Gasteiger partial charge in [-0.2, -0.15) is 18.2 Å². The number of hydrogen-bond acceptors (Lipinski definition) is 5. The zero-order valence-electron chi connectivity index (χ0n) is 11.3. The molecule has 0 unspecified atom stereocenters. The van der Waals surface area contributed by atoms with Gasteiger partial charge in [0, 0.05) is 13.1 Å². The van der Waals surface area contributed by atoms with Crippen LogP contribution < -0.4 is 15.4 Å². The van der Waals surface area contributed by atoms with Crippen LogP contribution in [0.25, 0.3) is 0 Å². The van der Waals surface area contributed by atoms with Crippen LogP contribution in [-0.4, -0.2) is 24.1 Å². The molecular weight excluding hydrogens is 285 g/mol. The molecule has 0 aliphatic rings. The topological polar surface area (TPSA) is 59.1 Å². The summed E-state index contributed by atoms with van der Waals surface area (Å²) in [5.41, 5.74) is -0.520. The van der Waals surface area contributed by atoms with Gasteiger partial charge >= 0.3 is 6.18 Å². The van der Waals surface area contributed by atoms with Crippen molar-refractivity contribution >= 4 is 17.5 Å². The highest BCUT2D eigenvalue weighted by atomic mass is 19.4. The predicted octanol–water partition coefficient (Wildman–Crippen LogP) is 3.29. The van der Waals surface area contributed by atoms with Crippen LogP contribution >= 0.6 is 0 Å². The first-order chi connectivity index (χ1) is 9.94. The fourth-order valence-electron chi connectivity index (χ4n) is 1.65. The number of methoxy groups -OCH3 is 1. The Morgan fingerprint density at radius 1 is 1.14 bits per heavy atom. The molecule has 0 fully saturated rings. The Kier molecular flexibility index (Phi) is 4.15. The first-order valence-electron chi connectivity index (χ1n) is 5.98. The average Bonchev–Trinajstić information content (AvgIpc) is 2.46. The van der Waals surface area contributed by atoms with Gasteiger partial charge in [0.2, 0.25) is 5.95 Å². The molecule has 0 saturated heterocycles. The Balaban J connectivity index is 2.39. The fraction of sp³-hybridized carbons (Fsp3) is 0.231. The predicted molar refractivity (Wildman–Crippen MR) is 72.9 cm³/mol. The van der Waals surface area contributed by atoms with E-state index in [1.165, 1.54) is 14.2 Å². The van der Waals surface area contributed by atoms with Crippen molar-refractivity contribution in [1.29, 1.82) is 0 Å². The molecule has 5 nitrogen and oxygen atoms in total. The minimum Gasteiger partial charge on any atom is -0.495 e. The number of para-hydroxylation sites is 2. The summed E-state index contributed by atoms with van der Waals surface area (Å²) in [4.78, 5) is 7.34. The highest BCUT2D eigenvalue weighted by molar-refractivity contribution is 5.64. The number of halogens is 3. The lowest BCUT2D eigenvalue weighted by Crippen LogP contribution is -2.12. The van der Waals surface area contributed by atoms with Crippen molar-refractivity contribution in [3.8, 4) is 5.75 Å². The van der Waals surface area contributed by atoms with Gasteiger partial charge in [-0.3, -0.25) is 0 Å². The lowest BCUT2D eigenvalue weighted by molar-refractivity contribution is -0.141. The van der Waals surface area contributed by atoms with Gasteiger partial charge in [-0.25, -0.2) is 4.98 Å². The van der Waals surface area contributed by atoms with Crippen LogP contribution in [0.2, 0.25) is 0 Å². The largest absolute Gasteiger partial charge is 0.495 e. The second-order valence-electron chi connectivity index (χ2n) is 4.04. The summed E-state index contributed by atoms with van der Waals surface area (Å²) in [6.45, 7) is 0. The highest BCUT2D eigenvalue weighted by Gasteiger charge is 2.33. The van der Waals surface area contributed by atoms with E-state index in [1.54, 1.807) is 24.3 Å². The summed E-state index contributed by atoms with van der Waals surface area (Å²) in [5.74, 6) is 0.393. The number of rotatable bonds is 4. The molecule has 0 atom stereocenters. The van der Waals surface area contributed by atoms with Crippen molar-refractivity contribution in [2.75, 3.05) is 24.8 Å². The van der Waals surface area contributed by atoms with Crippen LogP contribution in [0, 0.1) is 0 Å². The van der Waals surface area contributed by atoms with Crippen molar-refractivity contribution in [1.82, 2.24) is 9.97 Å². The molecule has 0 radical (unpaired) electrons. The van der Waals surface area contributed by atoms with Crippen LogP contribution in [0.15, 0.2) is 30.3 Å². The lowest BCUT2D eigenvalue weighted by atomic mass is 10.3. The molecule has 2 aromatic rings. The maximum atomic E-state index is 12.8. The van der Waals surface area contributed by atoms with E-state index >= 15 is 0 Å². The molecule has 0 saturated carbocycles. The third-order valence-corrected chi connectivity index (χ3v) is 2.61. The molecule has 112 valence electrons. The molecule has 1 aromatic carbocycles. The van der Waals surface area contributed by atoms with E-state index in [9.17, 15) is 13.2 Å². The summed E-state index contributed by atoms with van der Waals surface area (Å²) in [5, 5.41) is 5.30. The summed E-state index contributed by atoms with van der Waals surface area (Å²) >= 11 is 0. The SMILES string of the molecule is CNc1nc(Nc2ccccc2OC)cc(C(F)(F)F)n1. The van der Waals surface area contributed by atoms with Crippen LogP contribution in [-0.2, 0) is 6.18 Å². The number of nitrogens with zero attached hydrogens (tertiary/aromatic N) is 2. The van der Waals surface area contributed by atoms with Crippen LogP contribution in [0.1, 0.15) is 5.69 Å². The third-order valence-electron chi connectivity index (χ3n) is 2.61. The third kappa shape index (κ3) is 3.53. The molecule has 8 heteroatoms. The Hall–Kier alpha value is -2.51. The van der Waals surface area contributed by atoms with E-state index in [0.29, 0.717) is 11.4 Å². The summed E-state index contributed by atoms with van der Waals surface area (Å²) in [7, 11) is 2.92. The maximum absolute atomic E-state index is 12.8. The van der Waals surface area contributed by atoms with Crippen molar-refractivity contribution in [2.24, 2.45) is 0 Å². The van der Waals surface area contributed by atoms with Gasteiger partial charge in [0.25, 0.3) is 0 Å². The molecule has 0 aliphatic heterocycles. The van der Waals surface area contributed by atoms with Gasteiger partial charge in [-0.15, -0.1) is 0 Å². The zero-order valence-corrected chi connectivity index (χ0v) is 11.3. The first kappa shape index (κ1) is 14.9. The average molecular weight is 298 g/mol. The van der Waals surface area contributed by atoms with Gasteiger partial charge < -0.3 is 15.4 Å². The van der Waals surface area contributed by atoms with Gasteiger partial charge in [-0.1, -0.05) is 12.1 Å². The Labute approximate surface area is 119 Å². The fourth-order valence-corrected chi connectivity index (χ4v) is 1.65. The van der Waals surface area contributed by atoms with E-state index in [-0.39, 0.29) is 11.8 Å². The summed E-state index contributed by atoms with van der Waals surface area (Å²) in [6.07, 6.45) is -4.55. The molecule has 0 spiro atoms. The van der Waals surface area contributed by atoms with E-state index in [0.717, 1.165) is 6.07 Å². The molecule has 2 N–H and O–H groups in total. The minimum absolute atomic E-state index is 0.0196. The molecule has 2 rings (SSSR count). The number of hydrogen-bond donors (Lipinski definition) is 2. The highest BCUT2D eigenvalue weighted by Crippen LogP contribution is 2.32. The molecule has 21 heavy (non-hydrogen) atoms.